The molecule has 0 radical (unpaired) electrons. The Hall–Kier alpha value is -2.83. The molecular formula is C21H16ClFN2. The lowest BCUT2D eigenvalue weighted by molar-refractivity contribution is 0.627. The molecule has 0 spiro atoms. The molecule has 3 aromatic rings. The van der Waals surface area contributed by atoms with Crippen LogP contribution in [-0.2, 0) is 0 Å². The van der Waals surface area contributed by atoms with E-state index in [4.69, 9.17) is 11.6 Å². The molecule has 0 aliphatic rings. The quantitative estimate of drug-likeness (QED) is 0.536. The molecule has 3 rings (SSSR count). The van der Waals surface area contributed by atoms with Crippen LogP contribution in [0.3, 0.4) is 0 Å². The molecule has 0 amide bonds. The first-order valence-corrected chi connectivity index (χ1v) is 8.20. The van der Waals surface area contributed by atoms with E-state index in [0.717, 1.165) is 22.6 Å². The first-order valence-electron chi connectivity index (χ1n) is 7.82. The summed E-state index contributed by atoms with van der Waals surface area (Å²) in [5, 5.41) is 10.2. The van der Waals surface area contributed by atoms with Crippen molar-refractivity contribution in [1.29, 1.82) is 5.26 Å². The van der Waals surface area contributed by atoms with Crippen LogP contribution < -0.4 is 0 Å². The largest absolute Gasteiger partial charge is 0.318 e. The van der Waals surface area contributed by atoms with Crippen LogP contribution in [0, 0.1) is 31.0 Å². The number of hydrogen-bond acceptors (Lipinski definition) is 1. The molecule has 2 nitrogen and oxygen atoms in total. The van der Waals surface area contributed by atoms with Crippen molar-refractivity contribution in [3.05, 3.63) is 88.0 Å². The zero-order valence-electron chi connectivity index (χ0n) is 13.9. The Morgan fingerprint density at radius 1 is 1.08 bits per heavy atom. The predicted molar refractivity (Wildman–Crippen MR) is 100 cm³/mol. The number of hydrogen-bond donors (Lipinski definition) is 0. The van der Waals surface area contributed by atoms with Crippen LogP contribution in [0.2, 0.25) is 5.02 Å². The molecule has 0 aliphatic carbocycles. The molecule has 1 heterocycles. The second-order valence-corrected chi connectivity index (χ2v) is 6.25. The maximum Gasteiger partial charge on any atom is 0.123 e. The molecule has 0 bridgehead atoms. The molecule has 0 atom stereocenters. The molecule has 2 aromatic carbocycles. The van der Waals surface area contributed by atoms with E-state index in [1.54, 1.807) is 12.1 Å². The monoisotopic (exact) mass is 350 g/mol. The minimum atomic E-state index is -0.318. The van der Waals surface area contributed by atoms with E-state index >= 15 is 0 Å². The third-order valence-corrected chi connectivity index (χ3v) is 4.38. The van der Waals surface area contributed by atoms with E-state index in [1.165, 1.54) is 12.1 Å². The van der Waals surface area contributed by atoms with Gasteiger partial charge in [0, 0.05) is 22.1 Å². The Kier molecular flexibility index (Phi) is 4.74. The van der Waals surface area contributed by atoms with E-state index in [1.807, 2.05) is 50.3 Å². The Labute approximate surface area is 151 Å². The summed E-state index contributed by atoms with van der Waals surface area (Å²) in [5.41, 5.74) is 5.24. The lowest BCUT2D eigenvalue weighted by atomic mass is 10.0. The normalized spacial score (nSPS) is 11.4. The van der Waals surface area contributed by atoms with Crippen molar-refractivity contribution in [2.45, 2.75) is 13.8 Å². The summed E-state index contributed by atoms with van der Waals surface area (Å²) in [7, 11) is 0. The van der Waals surface area contributed by atoms with Gasteiger partial charge in [-0.2, -0.15) is 5.26 Å². The summed E-state index contributed by atoms with van der Waals surface area (Å²) < 4.78 is 15.2. The van der Waals surface area contributed by atoms with Crippen LogP contribution >= 0.6 is 11.6 Å². The number of allylic oxidation sites excluding steroid dienone is 1. The van der Waals surface area contributed by atoms with Crippen molar-refractivity contribution in [2.24, 2.45) is 0 Å². The van der Waals surface area contributed by atoms with E-state index in [-0.39, 0.29) is 5.82 Å². The van der Waals surface area contributed by atoms with Gasteiger partial charge < -0.3 is 4.57 Å². The number of nitrogens with zero attached hydrogens (tertiary/aromatic N) is 2. The molecule has 0 saturated heterocycles. The topological polar surface area (TPSA) is 28.7 Å². The summed E-state index contributed by atoms with van der Waals surface area (Å²) in [6.45, 7) is 4.02. The maximum absolute atomic E-state index is 13.1. The average Bonchev–Trinajstić information content (AvgIpc) is 2.88. The van der Waals surface area contributed by atoms with Crippen LogP contribution in [0.4, 0.5) is 4.39 Å². The van der Waals surface area contributed by atoms with E-state index in [2.05, 4.69) is 10.6 Å². The van der Waals surface area contributed by atoms with Crippen LogP contribution in [0.5, 0.6) is 0 Å². The van der Waals surface area contributed by atoms with Crippen molar-refractivity contribution in [3.8, 4) is 11.8 Å². The SMILES string of the molecule is Cc1cc(C=C(C#N)c2ccc(F)cc2)c(C)n1-c1ccc(Cl)cc1. The fourth-order valence-electron chi connectivity index (χ4n) is 2.89. The van der Waals surface area contributed by atoms with E-state index in [9.17, 15) is 9.65 Å². The third kappa shape index (κ3) is 3.50. The van der Waals surface area contributed by atoms with Gasteiger partial charge in [-0.1, -0.05) is 23.7 Å². The van der Waals surface area contributed by atoms with Gasteiger partial charge in [0.05, 0.1) is 11.6 Å². The smallest absolute Gasteiger partial charge is 0.123 e. The molecule has 0 aliphatic heterocycles. The van der Waals surface area contributed by atoms with Crippen LogP contribution in [0.25, 0.3) is 17.3 Å². The minimum Gasteiger partial charge on any atom is -0.318 e. The van der Waals surface area contributed by atoms with E-state index < -0.39 is 0 Å². The van der Waals surface area contributed by atoms with Gasteiger partial charge in [-0.05, 0) is 73.5 Å². The molecule has 0 N–H and O–H groups in total. The molecule has 1 aromatic heterocycles. The zero-order valence-corrected chi connectivity index (χ0v) is 14.7. The number of benzene rings is 2. The van der Waals surface area contributed by atoms with Gasteiger partial charge in [0.2, 0.25) is 0 Å². The standard InChI is InChI=1S/C21H16ClFN2/c1-14-11-17(12-18(13-24)16-3-7-20(23)8-4-16)15(2)25(14)21-9-5-19(22)6-10-21/h3-12H,1-2H3. The van der Waals surface area contributed by atoms with Crippen molar-refractivity contribution in [2.75, 3.05) is 0 Å². The van der Waals surface area contributed by atoms with Gasteiger partial charge in [0.1, 0.15) is 5.82 Å². The summed E-state index contributed by atoms with van der Waals surface area (Å²) >= 11 is 5.97. The highest BCUT2D eigenvalue weighted by Crippen LogP contribution is 2.26. The average molecular weight is 351 g/mol. The summed E-state index contributed by atoms with van der Waals surface area (Å²) in [5.74, 6) is -0.318. The van der Waals surface area contributed by atoms with Crippen molar-refractivity contribution < 1.29 is 4.39 Å². The predicted octanol–water partition coefficient (Wildman–Crippen LogP) is 5.95. The lowest BCUT2D eigenvalue weighted by Crippen LogP contribution is -1.98. The molecule has 4 heteroatoms. The Balaban J connectivity index is 2.06. The van der Waals surface area contributed by atoms with Gasteiger partial charge >= 0.3 is 0 Å². The van der Waals surface area contributed by atoms with Crippen LogP contribution in [0.15, 0.2) is 54.6 Å². The fourth-order valence-corrected chi connectivity index (χ4v) is 3.01. The van der Waals surface area contributed by atoms with Gasteiger partial charge in [0.25, 0.3) is 0 Å². The van der Waals surface area contributed by atoms with Gasteiger partial charge in [-0.25, -0.2) is 4.39 Å². The molecule has 25 heavy (non-hydrogen) atoms. The molecule has 124 valence electrons. The van der Waals surface area contributed by atoms with Gasteiger partial charge in [-0.3, -0.25) is 0 Å². The van der Waals surface area contributed by atoms with Gasteiger partial charge in [-0.15, -0.1) is 0 Å². The number of rotatable bonds is 3. The summed E-state index contributed by atoms with van der Waals surface area (Å²) in [4.78, 5) is 0. The second-order valence-electron chi connectivity index (χ2n) is 5.82. The number of aryl methyl sites for hydroxylation is 1. The van der Waals surface area contributed by atoms with Crippen LogP contribution in [-0.4, -0.2) is 4.57 Å². The summed E-state index contributed by atoms with van der Waals surface area (Å²) in [6.07, 6.45) is 1.84. The Morgan fingerprint density at radius 2 is 1.72 bits per heavy atom. The highest BCUT2D eigenvalue weighted by Gasteiger charge is 2.11. The van der Waals surface area contributed by atoms with Gasteiger partial charge in [0.15, 0.2) is 0 Å². The summed E-state index contributed by atoms with van der Waals surface area (Å²) in [6, 6.07) is 17.8. The van der Waals surface area contributed by atoms with E-state index in [0.29, 0.717) is 16.2 Å². The van der Waals surface area contributed by atoms with Crippen molar-refractivity contribution in [3.63, 3.8) is 0 Å². The molecule has 0 unspecified atom stereocenters. The minimum absolute atomic E-state index is 0.318. The second kappa shape index (κ2) is 6.96. The lowest BCUT2D eigenvalue weighted by Gasteiger charge is -2.09. The number of nitriles is 1. The Bertz CT molecular complexity index is 974. The number of aromatic nitrogens is 1. The van der Waals surface area contributed by atoms with Crippen molar-refractivity contribution >= 4 is 23.3 Å². The highest BCUT2D eigenvalue weighted by molar-refractivity contribution is 6.30. The zero-order chi connectivity index (χ0) is 18.0. The highest BCUT2D eigenvalue weighted by atomic mass is 35.5. The van der Waals surface area contributed by atoms with Crippen molar-refractivity contribution in [1.82, 2.24) is 4.57 Å². The molecule has 0 fully saturated rings. The first kappa shape index (κ1) is 17.0. The Morgan fingerprint density at radius 3 is 2.32 bits per heavy atom. The fraction of sp³-hybridized carbons (Fsp3) is 0.0952. The van der Waals surface area contributed by atoms with Crippen LogP contribution in [0.1, 0.15) is 22.5 Å². The molecule has 0 saturated carbocycles. The molecular weight excluding hydrogens is 335 g/mol. The first-order chi connectivity index (χ1) is 12.0. The maximum atomic E-state index is 13.1. The third-order valence-electron chi connectivity index (χ3n) is 4.13. The number of halogens is 2.